The Morgan fingerprint density at radius 1 is 1.19 bits per heavy atom. The lowest BCUT2D eigenvalue weighted by molar-refractivity contribution is 0.187. The van der Waals surface area contributed by atoms with Gasteiger partial charge in [0.05, 0.1) is 17.3 Å². The van der Waals surface area contributed by atoms with Crippen LogP contribution in [0.25, 0.3) is 20.8 Å². The number of nitrogens with one attached hydrogen (secondary N) is 1. The molecular weight excluding hydrogens is 284 g/mol. The quantitative estimate of drug-likeness (QED) is 0.760. The Bertz CT molecular complexity index is 794. The molecule has 0 radical (unpaired) electrons. The van der Waals surface area contributed by atoms with Gasteiger partial charge in [-0.3, -0.25) is 5.32 Å². The molecule has 5 heteroatoms. The van der Waals surface area contributed by atoms with Gasteiger partial charge < -0.3 is 4.74 Å². The maximum Gasteiger partial charge on any atom is 0.411 e. The molecule has 4 nitrogen and oxygen atoms in total. The number of carbonyl (C=O) groups excluding carboxylic acids is 1. The molecule has 106 valence electrons. The molecule has 0 unspecified atom stereocenters. The summed E-state index contributed by atoms with van der Waals surface area (Å²) in [7, 11) is 1.34. The minimum absolute atomic E-state index is 0.474. The van der Waals surface area contributed by atoms with E-state index in [1.165, 1.54) is 17.4 Å². The first kappa shape index (κ1) is 13.6. The zero-order valence-corrected chi connectivity index (χ0v) is 12.5. The number of benzene rings is 2. The molecule has 0 aliphatic heterocycles. The van der Waals surface area contributed by atoms with Crippen molar-refractivity contribution in [1.29, 1.82) is 0 Å². The van der Waals surface area contributed by atoms with Gasteiger partial charge in [0.15, 0.2) is 0 Å². The van der Waals surface area contributed by atoms with Crippen LogP contribution in [0.1, 0.15) is 5.56 Å². The van der Waals surface area contributed by atoms with E-state index in [0.29, 0.717) is 5.69 Å². The van der Waals surface area contributed by atoms with E-state index < -0.39 is 6.09 Å². The SMILES string of the molecule is COC(=O)Nc1ccc(-c2nc3ccc(C)cc3s2)cc1. The standard InChI is InChI=1S/C16H14N2O2S/c1-10-3-8-13-14(9-10)21-15(18-13)11-4-6-12(7-5-11)17-16(19)20-2/h3-9H,1-2H3,(H,17,19). The topological polar surface area (TPSA) is 51.2 Å². The summed E-state index contributed by atoms with van der Waals surface area (Å²) in [6.07, 6.45) is -0.474. The number of ether oxygens (including phenoxy) is 1. The summed E-state index contributed by atoms with van der Waals surface area (Å²) < 4.78 is 5.74. The van der Waals surface area contributed by atoms with Crippen molar-refractivity contribution in [3.05, 3.63) is 48.0 Å². The van der Waals surface area contributed by atoms with Crippen LogP contribution in [0.3, 0.4) is 0 Å². The van der Waals surface area contributed by atoms with E-state index in [9.17, 15) is 4.79 Å². The van der Waals surface area contributed by atoms with Crippen molar-refractivity contribution < 1.29 is 9.53 Å². The van der Waals surface area contributed by atoms with Crippen LogP contribution in [-0.4, -0.2) is 18.2 Å². The summed E-state index contributed by atoms with van der Waals surface area (Å²) in [5.74, 6) is 0. The predicted octanol–water partition coefficient (Wildman–Crippen LogP) is 4.45. The van der Waals surface area contributed by atoms with Crippen LogP contribution < -0.4 is 5.32 Å². The number of hydrogen-bond acceptors (Lipinski definition) is 4. The normalized spacial score (nSPS) is 10.6. The Balaban J connectivity index is 1.90. The first-order valence-corrected chi connectivity index (χ1v) is 7.30. The molecule has 0 aliphatic rings. The molecule has 0 bridgehead atoms. The Morgan fingerprint density at radius 3 is 2.67 bits per heavy atom. The average molecular weight is 298 g/mol. The number of thiazole rings is 1. The lowest BCUT2D eigenvalue weighted by Gasteiger charge is -2.03. The van der Waals surface area contributed by atoms with E-state index in [0.717, 1.165) is 16.1 Å². The summed E-state index contributed by atoms with van der Waals surface area (Å²) in [4.78, 5) is 15.8. The van der Waals surface area contributed by atoms with E-state index in [-0.39, 0.29) is 0 Å². The van der Waals surface area contributed by atoms with Crippen LogP contribution in [0, 0.1) is 6.92 Å². The Morgan fingerprint density at radius 2 is 1.95 bits per heavy atom. The molecule has 0 aliphatic carbocycles. The fourth-order valence-electron chi connectivity index (χ4n) is 2.02. The average Bonchev–Trinajstić information content (AvgIpc) is 2.90. The highest BCUT2D eigenvalue weighted by Gasteiger charge is 2.07. The van der Waals surface area contributed by atoms with Gasteiger partial charge in [-0.1, -0.05) is 6.07 Å². The number of carbonyl (C=O) groups is 1. The molecule has 0 spiro atoms. The van der Waals surface area contributed by atoms with E-state index in [1.54, 1.807) is 11.3 Å². The van der Waals surface area contributed by atoms with Gasteiger partial charge in [0.1, 0.15) is 5.01 Å². The molecule has 0 atom stereocenters. The van der Waals surface area contributed by atoms with Crippen molar-refractivity contribution in [1.82, 2.24) is 4.98 Å². The maximum absolute atomic E-state index is 11.1. The van der Waals surface area contributed by atoms with E-state index in [1.807, 2.05) is 30.3 Å². The fourth-order valence-corrected chi connectivity index (χ4v) is 3.09. The molecule has 1 amide bonds. The minimum atomic E-state index is -0.474. The van der Waals surface area contributed by atoms with Crippen LogP contribution in [0.15, 0.2) is 42.5 Å². The van der Waals surface area contributed by atoms with E-state index in [2.05, 4.69) is 34.1 Å². The van der Waals surface area contributed by atoms with Crippen LogP contribution in [0.5, 0.6) is 0 Å². The van der Waals surface area contributed by atoms with E-state index in [4.69, 9.17) is 0 Å². The highest BCUT2D eigenvalue weighted by Crippen LogP contribution is 2.31. The number of anilines is 1. The summed E-state index contributed by atoms with van der Waals surface area (Å²) in [5, 5.41) is 3.60. The second-order valence-electron chi connectivity index (χ2n) is 4.68. The summed E-state index contributed by atoms with van der Waals surface area (Å²) in [6.45, 7) is 2.08. The van der Waals surface area contributed by atoms with E-state index >= 15 is 0 Å². The molecule has 1 aromatic heterocycles. The fraction of sp³-hybridized carbons (Fsp3) is 0.125. The molecule has 3 rings (SSSR count). The Hall–Kier alpha value is -2.40. The lowest BCUT2D eigenvalue weighted by Crippen LogP contribution is -2.10. The molecule has 0 fully saturated rings. The van der Waals surface area contributed by atoms with Gasteiger partial charge in [0.25, 0.3) is 0 Å². The van der Waals surface area contributed by atoms with Crippen LogP contribution >= 0.6 is 11.3 Å². The zero-order chi connectivity index (χ0) is 14.8. The molecule has 21 heavy (non-hydrogen) atoms. The third-order valence-corrected chi connectivity index (χ3v) is 4.17. The number of hydrogen-bond donors (Lipinski definition) is 1. The predicted molar refractivity (Wildman–Crippen MR) is 85.8 cm³/mol. The van der Waals surface area contributed by atoms with Gasteiger partial charge in [-0.25, -0.2) is 9.78 Å². The number of aryl methyl sites for hydroxylation is 1. The number of methoxy groups -OCH3 is 1. The highest BCUT2D eigenvalue weighted by molar-refractivity contribution is 7.21. The first-order valence-electron chi connectivity index (χ1n) is 6.48. The smallest absolute Gasteiger partial charge is 0.411 e. The second-order valence-corrected chi connectivity index (χ2v) is 5.71. The second kappa shape index (κ2) is 5.54. The Labute approximate surface area is 126 Å². The Kier molecular flexibility index (Phi) is 3.58. The van der Waals surface area contributed by atoms with Gasteiger partial charge in [0, 0.05) is 11.3 Å². The first-order chi connectivity index (χ1) is 10.2. The van der Waals surface area contributed by atoms with Crippen molar-refractivity contribution in [2.75, 3.05) is 12.4 Å². The molecule has 0 saturated carbocycles. The van der Waals surface area contributed by atoms with Crippen LogP contribution in [-0.2, 0) is 4.74 Å². The number of aromatic nitrogens is 1. The summed E-state index contributed by atoms with van der Waals surface area (Å²) >= 11 is 1.67. The summed E-state index contributed by atoms with van der Waals surface area (Å²) in [6, 6.07) is 13.8. The monoisotopic (exact) mass is 298 g/mol. The largest absolute Gasteiger partial charge is 0.453 e. The third kappa shape index (κ3) is 2.87. The lowest BCUT2D eigenvalue weighted by atomic mass is 10.2. The summed E-state index contributed by atoms with van der Waals surface area (Å²) in [5.41, 5.74) is 3.97. The van der Waals surface area contributed by atoms with Gasteiger partial charge in [-0.05, 0) is 48.9 Å². The maximum atomic E-state index is 11.1. The highest BCUT2D eigenvalue weighted by atomic mass is 32.1. The van der Waals surface area contributed by atoms with Crippen molar-refractivity contribution in [3.63, 3.8) is 0 Å². The number of nitrogens with zero attached hydrogens (tertiary/aromatic N) is 1. The van der Waals surface area contributed by atoms with Crippen molar-refractivity contribution in [3.8, 4) is 10.6 Å². The van der Waals surface area contributed by atoms with Gasteiger partial charge in [-0.15, -0.1) is 11.3 Å². The zero-order valence-electron chi connectivity index (χ0n) is 11.7. The van der Waals surface area contributed by atoms with Crippen molar-refractivity contribution in [2.45, 2.75) is 6.92 Å². The molecule has 3 aromatic rings. The van der Waals surface area contributed by atoms with Gasteiger partial charge in [-0.2, -0.15) is 0 Å². The van der Waals surface area contributed by atoms with Crippen LogP contribution in [0.2, 0.25) is 0 Å². The number of amides is 1. The minimum Gasteiger partial charge on any atom is -0.453 e. The van der Waals surface area contributed by atoms with Crippen LogP contribution in [0.4, 0.5) is 10.5 Å². The number of rotatable bonds is 2. The molecule has 1 heterocycles. The third-order valence-electron chi connectivity index (χ3n) is 3.11. The molecule has 0 saturated heterocycles. The molecule has 1 N–H and O–H groups in total. The molecule has 2 aromatic carbocycles. The van der Waals surface area contributed by atoms with Crippen molar-refractivity contribution >= 4 is 33.3 Å². The van der Waals surface area contributed by atoms with Gasteiger partial charge >= 0.3 is 6.09 Å². The molecular formula is C16H14N2O2S. The van der Waals surface area contributed by atoms with Gasteiger partial charge in [0.2, 0.25) is 0 Å². The number of fused-ring (bicyclic) bond motifs is 1. The van der Waals surface area contributed by atoms with Crippen molar-refractivity contribution in [2.24, 2.45) is 0 Å².